The van der Waals surface area contributed by atoms with E-state index in [1.54, 1.807) is 16.8 Å². The Labute approximate surface area is 193 Å². The molecule has 0 saturated heterocycles. The van der Waals surface area contributed by atoms with Crippen LogP contribution < -0.4 is 4.98 Å². The monoisotopic (exact) mass is 616 g/mol. The molecule has 0 fully saturated rings. The molecule has 157 valence electrons. The van der Waals surface area contributed by atoms with Crippen molar-refractivity contribution in [1.29, 1.82) is 0 Å². The summed E-state index contributed by atoms with van der Waals surface area (Å²) in [7, 11) is -0.302. The molecule has 0 spiro atoms. The quantitative estimate of drug-likeness (QED) is 0.290. The molecule has 0 aliphatic rings. The second kappa shape index (κ2) is 11.2. The number of benzene rings is 1. The number of allylic oxidation sites excluding steroid dienone is 2. The van der Waals surface area contributed by atoms with Crippen LogP contribution in [0.25, 0.3) is 33.5 Å². The summed E-state index contributed by atoms with van der Waals surface area (Å²) >= 11 is 0. The summed E-state index contributed by atoms with van der Waals surface area (Å²) in [5.41, 5.74) is 2.03. The number of aromatic nitrogens is 5. The SMILES string of the molecule is C/C(=C(\C)[PH+](C)C)[PH+](C)C.[Os+].c1ccc2cc(-c3nc4cncnc4[n-]3)ncc2c1. The molecule has 8 heteroatoms. The van der Waals surface area contributed by atoms with Crippen LogP contribution in [0.3, 0.4) is 0 Å². The van der Waals surface area contributed by atoms with Gasteiger partial charge in [-0.2, -0.15) is 0 Å². The second-order valence-corrected chi connectivity index (χ2v) is 12.9. The number of fused-ring (bicyclic) bond motifs is 2. The Bertz CT molecular complexity index is 1110. The van der Waals surface area contributed by atoms with Crippen molar-refractivity contribution in [3.63, 3.8) is 0 Å². The second-order valence-electron chi connectivity index (χ2n) is 7.45. The number of imidazole rings is 1. The Hall–Kier alpha value is -1.58. The standard InChI is InChI=1S/C14H8N5.C8H18P2.Os/c1-2-4-10-6-16-11(5-9(10)3-1)14-18-12-7-15-8-17-13(12)19-14;1-7(9(3)4)8(2)10(5)6;/h1-8H;1-6H3;/q-1;;+1/p+2/b;8-7-;. The average Bonchev–Trinajstić information content (AvgIpc) is 3.17. The van der Waals surface area contributed by atoms with Gasteiger partial charge in [0.05, 0.1) is 32.4 Å². The molecule has 30 heavy (non-hydrogen) atoms. The fourth-order valence-corrected chi connectivity index (χ4v) is 5.79. The molecular weight excluding hydrogens is 586 g/mol. The van der Waals surface area contributed by atoms with Crippen molar-refractivity contribution in [2.24, 2.45) is 0 Å². The largest absolute Gasteiger partial charge is 1.00 e. The Morgan fingerprint density at radius 1 is 0.867 bits per heavy atom. The van der Waals surface area contributed by atoms with Gasteiger partial charge in [0.1, 0.15) is 10.6 Å². The molecule has 0 atom stereocenters. The first-order valence-electron chi connectivity index (χ1n) is 9.61. The molecule has 3 heterocycles. The van der Waals surface area contributed by atoms with Crippen LogP contribution in [-0.4, -0.2) is 46.6 Å². The van der Waals surface area contributed by atoms with Crippen LogP contribution in [0.4, 0.5) is 0 Å². The third-order valence-corrected chi connectivity index (χ3v) is 9.03. The van der Waals surface area contributed by atoms with Gasteiger partial charge in [-0.25, -0.2) is 0 Å². The van der Waals surface area contributed by atoms with Crippen LogP contribution in [0.5, 0.6) is 0 Å². The van der Waals surface area contributed by atoms with Gasteiger partial charge in [0, 0.05) is 56.9 Å². The van der Waals surface area contributed by atoms with Crippen LogP contribution in [-0.2, 0) is 19.8 Å². The van der Waals surface area contributed by atoms with Gasteiger partial charge in [-0.15, -0.1) is 0 Å². The maximum absolute atomic E-state index is 4.40. The Morgan fingerprint density at radius 2 is 1.50 bits per heavy atom. The maximum atomic E-state index is 4.40. The molecule has 4 aromatic rings. The molecular formula is C22H28N5OsP2+2. The number of pyridine rings is 1. The topological polar surface area (TPSA) is 65.7 Å². The van der Waals surface area contributed by atoms with Crippen molar-refractivity contribution in [1.82, 2.24) is 24.9 Å². The zero-order valence-corrected chi connectivity index (χ0v) is 22.7. The minimum Gasteiger partial charge on any atom is -0.357 e. The normalized spacial score (nSPS) is 11.9. The predicted molar refractivity (Wildman–Crippen MR) is 130 cm³/mol. The van der Waals surface area contributed by atoms with Crippen molar-refractivity contribution in [2.75, 3.05) is 26.7 Å². The molecule has 0 unspecified atom stereocenters. The van der Waals surface area contributed by atoms with Crippen LogP contribution in [0.1, 0.15) is 13.8 Å². The Morgan fingerprint density at radius 3 is 2.10 bits per heavy atom. The maximum Gasteiger partial charge on any atom is 1.00 e. The van der Waals surface area contributed by atoms with E-state index in [-0.39, 0.29) is 35.6 Å². The molecule has 4 rings (SSSR count). The van der Waals surface area contributed by atoms with Crippen LogP contribution in [0.2, 0.25) is 0 Å². The number of hydrogen-bond donors (Lipinski definition) is 0. The van der Waals surface area contributed by atoms with Gasteiger partial charge in [-0.05, 0) is 25.3 Å². The van der Waals surface area contributed by atoms with E-state index in [0.717, 1.165) is 16.5 Å². The van der Waals surface area contributed by atoms with E-state index in [9.17, 15) is 0 Å². The molecule has 1 aromatic carbocycles. The Kier molecular flexibility index (Phi) is 9.18. The molecule has 0 aliphatic carbocycles. The summed E-state index contributed by atoms with van der Waals surface area (Å²) in [5.74, 6) is 0.584. The van der Waals surface area contributed by atoms with Gasteiger partial charge < -0.3 is 15.0 Å². The van der Waals surface area contributed by atoms with Crippen LogP contribution in [0.15, 0.2) is 59.7 Å². The van der Waals surface area contributed by atoms with Crippen LogP contribution in [0, 0.1) is 0 Å². The molecule has 0 bridgehead atoms. The first-order valence-corrected chi connectivity index (χ1v) is 14.6. The number of hydrogen-bond acceptors (Lipinski definition) is 4. The zero-order chi connectivity index (χ0) is 21.0. The van der Waals surface area contributed by atoms with E-state index in [1.807, 2.05) is 36.5 Å². The molecule has 0 saturated carbocycles. The van der Waals surface area contributed by atoms with E-state index in [0.29, 0.717) is 17.0 Å². The van der Waals surface area contributed by atoms with E-state index in [1.165, 1.54) is 6.33 Å². The molecule has 0 amide bonds. The van der Waals surface area contributed by atoms with Gasteiger partial charge in [0.2, 0.25) is 0 Å². The third kappa shape index (κ3) is 5.98. The fourth-order valence-electron chi connectivity index (χ4n) is 2.79. The first kappa shape index (κ1) is 24.7. The molecule has 0 N–H and O–H groups in total. The summed E-state index contributed by atoms with van der Waals surface area (Å²) in [6, 6.07) is 10.0. The first-order chi connectivity index (χ1) is 13.9. The summed E-state index contributed by atoms with van der Waals surface area (Å²) in [4.78, 5) is 21.2. The van der Waals surface area contributed by atoms with E-state index in [4.69, 9.17) is 0 Å². The van der Waals surface area contributed by atoms with Crippen molar-refractivity contribution < 1.29 is 19.8 Å². The summed E-state index contributed by atoms with van der Waals surface area (Å²) in [6.07, 6.45) is 4.95. The average molecular weight is 615 g/mol. The summed E-state index contributed by atoms with van der Waals surface area (Å²) in [5, 5.41) is 5.61. The van der Waals surface area contributed by atoms with Crippen LogP contribution >= 0.6 is 15.8 Å². The fraction of sp³-hybridized carbons (Fsp3) is 0.273. The van der Waals surface area contributed by atoms with Gasteiger partial charge in [-0.1, -0.05) is 24.3 Å². The molecule has 0 aliphatic heterocycles. The van der Waals surface area contributed by atoms with E-state index in [2.05, 4.69) is 65.4 Å². The van der Waals surface area contributed by atoms with Crippen molar-refractivity contribution >= 4 is 37.8 Å². The molecule has 5 nitrogen and oxygen atoms in total. The summed E-state index contributed by atoms with van der Waals surface area (Å²) in [6.45, 7) is 14.1. The van der Waals surface area contributed by atoms with Crippen molar-refractivity contribution in [3.05, 3.63) is 59.7 Å². The Balaban J connectivity index is 0.000000253. The number of nitrogens with zero attached hydrogens (tertiary/aromatic N) is 5. The molecule has 1 radical (unpaired) electrons. The van der Waals surface area contributed by atoms with Crippen molar-refractivity contribution in [3.8, 4) is 11.5 Å². The predicted octanol–water partition coefficient (Wildman–Crippen LogP) is 5.38. The van der Waals surface area contributed by atoms with Gasteiger partial charge in [0.15, 0.2) is 0 Å². The number of rotatable bonds is 3. The minimum atomic E-state index is -0.151. The zero-order valence-electron chi connectivity index (χ0n) is 18.2. The van der Waals surface area contributed by atoms with Gasteiger partial charge in [-0.3, -0.25) is 9.97 Å². The third-order valence-electron chi connectivity index (χ3n) is 5.03. The van der Waals surface area contributed by atoms with E-state index < -0.39 is 0 Å². The van der Waals surface area contributed by atoms with E-state index >= 15 is 0 Å². The minimum absolute atomic E-state index is 0. The van der Waals surface area contributed by atoms with Gasteiger partial charge >= 0.3 is 19.8 Å². The summed E-state index contributed by atoms with van der Waals surface area (Å²) < 4.78 is 0. The smallest absolute Gasteiger partial charge is 0.357 e. The molecule has 3 aromatic heterocycles. The van der Waals surface area contributed by atoms with Gasteiger partial charge in [0.25, 0.3) is 0 Å². The van der Waals surface area contributed by atoms with Crippen molar-refractivity contribution in [2.45, 2.75) is 13.8 Å².